The van der Waals surface area contributed by atoms with Crippen LogP contribution in [0.4, 0.5) is 10.5 Å². The summed E-state index contributed by atoms with van der Waals surface area (Å²) in [5.41, 5.74) is 4.90. The summed E-state index contributed by atoms with van der Waals surface area (Å²) in [6.45, 7) is 4.53. The van der Waals surface area contributed by atoms with Crippen LogP contribution in [0, 0.1) is 13.8 Å². The zero-order valence-corrected chi connectivity index (χ0v) is 17.6. The van der Waals surface area contributed by atoms with Crippen LogP contribution < -0.4 is 10.9 Å². The lowest BCUT2D eigenvalue weighted by molar-refractivity contribution is 0.206. The molecule has 0 spiro atoms. The number of carbonyl (C=O) groups is 1. The van der Waals surface area contributed by atoms with Crippen molar-refractivity contribution in [2.45, 2.75) is 26.9 Å². The topological polar surface area (TPSA) is 78.1 Å². The fraction of sp³-hybridized carbons (Fsp3) is 0.160. The highest BCUT2D eigenvalue weighted by atomic mass is 16.2. The van der Waals surface area contributed by atoms with E-state index in [4.69, 9.17) is 0 Å². The summed E-state index contributed by atoms with van der Waals surface area (Å²) < 4.78 is 0. The van der Waals surface area contributed by atoms with Gasteiger partial charge >= 0.3 is 6.03 Å². The van der Waals surface area contributed by atoms with Crippen molar-refractivity contribution in [2.24, 2.45) is 0 Å². The van der Waals surface area contributed by atoms with E-state index in [0.717, 1.165) is 27.6 Å². The van der Waals surface area contributed by atoms with Crippen molar-refractivity contribution < 1.29 is 4.79 Å². The average Bonchev–Trinajstić information content (AvgIpc) is 2.75. The number of benzene rings is 2. The lowest BCUT2D eigenvalue weighted by Crippen LogP contribution is -2.35. The zero-order valence-electron chi connectivity index (χ0n) is 17.6. The monoisotopic (exact) mass is 412 g/mol. The highest BCUT2D eigenvalue weighted by molar-refractivity contribution is 5.89. The number of H-pyrrole nitrogens is 1. The van der Waals surface area contributed by atoms with Crippen molar-refractivity contribution in [3.8, 4) is 0 Å². The first kappa shape index (κ1) is 20.3. The first-order valence-corrected chi connectivity index (χ1v) is 10.1. The highest BCUT2D eigenvalue weighted by Gasteiger charge is 2.17. The number of hydrogen-bond donors (Lipinski definition) is 2. The lowest BCUT2D eigenvalue weighted by atomic mass is 10.0. The van der Waals surface area contributed by atoms with E-state index in [1.807, 2.05) is 68.4 Å². The number of nitrogens with one attached hydrogen (secondary N) is 2. The van der Waals surface area contributed by atoms with Gasteiger partial charge in [-0.2, -0.15) is 0 Å². The van der Waals surface area contributed by atoms with Crippen LogP contribution in [0.5, 0.6) is 0 Å². The number of rotatable bonds is 5. The fourth-order valence-corrected chi connectivity index (χ4v) is 3.67. The van der Waals surface area contributed by atoms with Crippen LogP contribution in [0.1, 0.15) is 22.3 Å². The van der Waals surface area contributed by atoms with Gasteiger partial charge in [0.05, 0.1) is 6.54 Å². The van der Waals surface area contributed by atoms with Crippen LogP contribution >= 0.6 is 0 Å². The van der Waals surface area contributed by atoms with Gasteiger partial charge in [-0.25, -0.2) is 4.79 Å². The number of pyridine rings is 2. The Labute approximate surface area is 180 Å². The first-order chi connectivity index (χ1) is 15.0. The fourth-order valence-electron chi connectivity index (χ4n) is 3.67. The quantitative estimate of drug-likeness (QED) is 0.495. The second kappa shape index (κ2) is 8.83. The maximum absolute atomic E-state index is 13.1. The largest absolute Gasteiger partial charge is 0.322 e. The van der Waals surface area contributed by atoms with Gasteiger partial charge in [0.15, 0.2) is 0 Å². The molecule has 0 unspecified atom stereocenters. The summed E-state index contributed by atoms with van der Waals surface area (Å²) in [5.74, 6) is 0. The molecule has 0 aliphatic rings. The molecule has 0 saturated heterocycles. The van der Waals surface area contributed by atoms with Gasteiger partial charge in [-0.1, -0.05) is 30.3 Å². The van der Waals surface area contributed by atoms with Crippen molar-refractivity contribution >= 4 is 22.6 Å². The van der Waals surface area contributed by atoms with Gasteiger partial charge in [0.25, 0.3) is 5.56 Å². The number of aryl methyl sites for hydroxylation is 2. The van der Waals surface area contributed by atoms with Gasteiger partial charge in [0, 0.05) is 41.1 Å². The van der Waals surface area contributed by atoms with Gasteiger partial charge in [-0.15, -0.1) is 0 Å². The van der Waals surface area contributed by atoms with E-state index in [-0.39, 0.29) is 18.1 Å². The maximum Gasteiger partial charge on any atom is 0.322 e. The van der Waals surface area contributed by atoms with E-state index in [1.54, 1.807) is 17.3 Å². The Morgan fingerprint density at radius 3 is 2.58 bits per heavy atom. The molecule has 0 aliphatic heterocycles. The summed E-state index contributed by atoms with van der Waals surface area (Å²) in [7, 11) is 0. The maximum atomic E-state index is 13.1. The second-order valence-electron chi connectivity index (χ2n) is 7.68. The molecule has 156 valence electrons. The Kier molecular flexibility index (Phi) is 5.80. The third-order valence-electron chi connectivity index (χ3n) is 5.16. The van der Waals surface area contributed by atoms with E-state index in [2.05, 4.69) is 21.4 Å². The van der Waals surface area contributed by atoms with Crippen molar-refractivity contribution in [1.29, 1.82) is 0 Å². The number of fused-ring (bicyclic) bond motifs is 1. The molecule has 0 aliphatic carbocycles. The van der Waals surface area contributed by atoms with E-state index in [9.17, 15) is 9.59 Å². The number of amides is 2. The number of para-hydroxylation sites is 1. The third-order valence-corrected chi connectivity index (χ3v) is 5.16. The van der Waals surface area contributed by atoms with Crippen LogP contribution in [0.25, 0.3) is 10.9 Å². The summed E-state index contributed by atoms with van der Waals surface area (Å²) >= 11 is 0. The summed E-state index contributed by atoms with van der Waals surface area (Å²) in [6, 6.07) is 18.7. The van der Waals surface area contributed by atoms with Crippen LogP contribution in [-0.4, -0.2) is 20.9 Å². The predicted octanol–water partition coefficient (Wildman–Crippen LogP) is 4.77. The molecule has 6 nitrogen and oxygen atoms in total. The third kappa shape index (κ3) is 4.80. The van der Waals surface area contributed by atoms with Crippen molar-refractivity contribution in [3.63, 3.8) is 0 Å². The minimum Gasteiger partial charge on any atom is -0.322 e. The average molecular weight is 412 g/mol. The Bertz CT molecular complexity index is 1270. The number of aromatic amines is 1. The highest BCUT2D eigenvalue weighted by Crippen LogP contribution is 2.20. The zero-order chi connectivity index (χ0) is 21.8. The minimum atomic E-state index is -0.282. The van der Waals surface area contributed by atoms with Crippen LogP contribution in [0.15, 0.2) is 77.9 Å². The minimum absolute atomic E-state index is 0.173. The Balaban J connectivity index is 1.67. The van der Waals surface area contributed by atoms with Gasteiger partial charge in [-0.3, -0.25) is 9.78 Å². The molecule has 4 aromatic rings. The summed E-state index contributed by atoms with van der Waals surface area (Å²) in [5, 5.41) is 3.89. The first-order valence-electron chi connectivity index (χ1n) is 10.1. The van der Waals surface area contributed by atoms with E-state index in [1.165, 1.54) is 0 Å². The smallest absolute Gasteiger partial charge is 0.322 e. The molecule has 2 amide bonds. The number of carbonyl (C=O) groups excluding carboxylic acids is 1. The summed E-state index contributed by atoms with van der Waals surface area (Å²) in [4.78, 5) is 34.6. The molecule has 4 rings (SSSR count). The Morgan fingerprint density at radius 1 is 1.03 bits per heavy atom. The van der Waals surface area contributed by atoms with Crippen molar-refractivity contribution in [3.05, 3.63) is 106 Å². The molecule has 2 N–H and O–H groups in total. The molecule has 31 heavy (non-hydrogen) atoms. The molecular formula is C25H24N4O2. The Hall–Kier alpha value is -3.93. The second-order valence-corrected chi connectivity index (χ2v) is 7.68. The van der Waals surface area contributed by atoms with Crippen LogP contribution in [0.3, 0.4) is 0 Å². The predicted molar refractivity (Wildman–Crippen MR) is 123 cm³/mol. The van der Waals surface area contributed by atoms with E-state index < -0.39 is 0 Å². The molecule has 0 fully saturated rings. The number of urea groups is 1. The van der Waals surface area contributed by atoms with Crippen LogP contribution in [-0.2, 0) is 13.1 Å². The molecule has 2 aromatic carbocycles. The van der Waals surface area contributed by atoms with Gasteiger partial charge in [-0.05, 0) is 60.9 Å². The number of anilines is 1. The SMILES string of the molecule is Cc1cc(C)c2cc(CN(Cc3cccnc3)C(=O)Nc3ccccc3)c(=O)[nH]c2c1. The molecule has 0 bridgehead atoms. The molecule has 2 heterocycles. The molecule has 0 radical (unpaired) electrons. The molecule has 2 aromatic heterocycles. The summed E-state index contributed by atoms with van der Waals surface area (Å²) in [6.07, 6.45) is 3.41. The van der Waals surface area contributed by atoms with Crippen LogP contribution in [0.2, 0.25) is 0 Å². The van der Waals surface area contributed by atoms with Crippen molar-refractivity contribution in [1.82, 2.24) is 14.9 Å². The number of aromatic nitrogens is 2. The standard InChI is InChI=1S/C25H24N4O2/c1-17-11-18(2)22-13-20(24(30)28-23(22)12-17)16-29(15-19-7-6-10-26-14-19)25(31)27-21-8-4-3-5-9-21/h3-14H,15-16H2,1-2H3,(H,27,31)(H,28,30). The van der Waals surface area contributed by atoms with Gasteiger partial charge < -0.3 is 15.2 Å². The molecule has 0 saturated carbocycles. The number of nitrogens with zero attached hydrogens (tertiary/aromatic N) is 2. The normalized spacial score (nSPS) is 10.8. The molecule has 6 heteroatoms. The molecular weight excluding hydrogens is 388 g/mol. The van der Waals surface area contributed by atoms with E-state index in [0.29, 0.717) is 17.8 Å². The lowest BCUT2D eigenvalue weighted by Gasteiger charge is -2.23. The van der Waals surface area contributed by atoms with Gasteiger partial charge in [0.2, 0.25) is 0 Å². The Morgan fingerprint density at radius 2 is 1.84 bits per heavy atom. The molecule has 0 atom stereocenters. The van der Waals surface area contributed by atoms with E-state index >= 15 is 0 Å². The van der Waals surface area contributed by atoms with Crippen molar-refractivity contribution in [2.75, 3.05) is 5.32 Å². The number of hydrogen-bond acceptors (Lipinski definition) is 3. The van der Waals surface area contributed by atoms with Gasteiger partial charge in [0.1, 0.15) is 0 Å².